The first kappa shape index (κ1) is 66.2. The van der Waals surface area contributed by atoms with Gasteiger partial charge in [-0.3, -0.25) is 4.79 Å². The molecule has 1 amide bonds. The SMILES string of the molecule is CCCCCCCCCCCCCCCCCCCCCCCCCCCCCCCCCCCCCC(=O)NC(COC1OC(CO)C(O)C(O)C1O)C(O)CCCCCCCCCCCCC. The Hall–Kier alpha value is -0.810. The molecule has 69 heavy (non-hydrogen) atoms. The second kappa shape index (κ2) is 50.7. The lowest BCUT2D eigenvalue weighted by Gasteiger charge is -2.40. The van der Waals surface area contributed by atoms with Crippen molar-refractivity contribution in [1.29, 1.82) is 0 Å². The van der Waals surface area contributed by atoms with Crippen LogP contribution in [-0.2, 0) is 14.3 Å². The molecule has 7 unspecified atom stereocenters. The summed E-state index contributed by atoms with van der Waals surface area (Å²) >= 11 is 0. The van der Waals surface area contributed by atoms with Gasteiger partial charge in [0.1, 0.15) is 24.4 Å². The lowest BCUT2D eigenvalue weighted by Crippen LogP contribution is -2.60. The van der Waals surface area contributed by atoms with E-state index in [2.05, 4.69) is 19.2 Å². The highest BCUT2D eigenvalue weighted by atomic mass is 16.7. The van der Waals surface area contributed by atoms with Crippen molar-refractivity contribution >= 4 is 5.91 Å². The number of nitrogens with one attached hydrogen (secondary N) is 1. The summed E-state index contributed by atoms with van der Waals surface area (Å²) in [5.41, 5.74) is 0. The Morgan fingerprint density at radius 2 is 0.725 bits per heavy atom. The zero-order valence-corrected chi connectivity index (χ0v) is 45.9. The molecule has 0 saturated carbocycles. The highest BCUT2D eigenvalue weighted by Crippen LogP contribution is 2.24. The maximum Gasteiger partial charge on any atom is 0.220 e. The van der Waals surface area contributed by atoms with Crippen LogP contribution in [0.2, 0.25) is 0 Å². The van der Waals surface area contributed by atoms with Crippen molar-refractivity contribution in [3.8, 4) is 0 Å². The van der Waals surface area contributed by atoms with E-state index in [1.165, 1.54) is 257 Å². The quantitative estimate of drug-likeness (QED) is 0.0330. The fraction of sp³-hybridized carbons (Fsp3) is 0.983. The molecule has 9 heteroatoms. The normalized spacial score (nSPS) is 19.3. The van der Waals surface area contributed by atoms with E-state index in [0.29, 0.717) is 12.8 Å². The molecule has 1 aliphatic heterocycles. The fourth-order valence-corrected chi connectivity index (χ4v) is 10.3. The van der Waals surface area contributed by atoms with Crippen LogP contribution >= 0.6 is 0 Å². The van der Waals surface area contributed by atoms with Gasteiger partial charge in [0, 0.05) is 6.42 Å². The molecule has 1 saturated heterocycles. The molecule has 1 rings (SSSR count). The first-order valence-corrected chi connectivity index (χ1v) is 30.7. The molecule has 7 atom stereocenters. The maximum absolute atomic E-state index is 13.0. The molecule has 0 aromatic rings. The smallest absolute Gasteiger partial charge is 0.220 e. The molecule has 1 fully saturated rings. The van der Waals surface area contributed by atoms with Gasteiger partial charge in [0.25, 0.3) is 0 Å². The van der Waals surface area contributed by atoms with Crippen LogP contribution in [0.1, 0.15) is 322 Å². The van der Waals surface area contributed by atoms with E-state index < -0.39 is 49.5 Å². The first-order chi connectivity index (χ1) is 33.8. The number of unbranched alkanes of at least 4 members (excludes halogenated alkanes) is 44. The number of aliphatic hydroxyl groups is 5. The summed E-state index contributed by atoms with van der Waals surface area (Å²) in [5, 5.41) is 54.5. The number of amides is 1. The van der Waals surface area contributed by atoms with Crippen LogP contribution in [0.4, 0.5) is 0 Å². The van der Waals surface area contributed by atoms with Gasteiger partial charge in [-0.2, -0.15) is 0 Å². The van der Waals surface area contributed by atoms with E-state index in [0.717, 1.165) is 38.5 Å². The van der Waals surface area contributed by atoms with Crippen molar-refractivity contribution in [1.82, 2.24) is 5.32 Å². The molecule has 0 radical (unpaired) electrons. The van der Waals surface area contributed by atoms with Gasteiger partial charge in [-0.15, -0.1) is 0 Å². The third kappa shape index (κ3) is 40.3. The van der Waals surface area contributed by atoms with E-state index in [-0.39, 0.29) is 12.5 Å². The van der Waals surface area contributed by atoms with E-state index >= 15 is 0 Å². The van der Waals surface area contributed by atoms with Gasteiger partial charge in [0.15, 0.2) is 6.29 Å². The van der Waals surface area contributed by atoms with Crippen molar-refractivity contribution < 1.29 is 39.8 Å². The third-order valence-corrected chi connectivity index (χ3v) is 15.2. The molecule has 1 aliphatic rings. The number of carbonyl (C=O) groups is 1. The van der Waals surface area contributed by atoms with E-state index in [9.17, 15) is 30.3 Å². The molecule has 412 valence electrons. The summed E-state index contributed by atoms with van der Waals surface area (Å²) < 4.78 is 11.3. The summed E-state index contributed by atoms with van der Waals surface area (Å²) in [6, 6.07) is -0.712. The lowest BCUT2D eigenvalue weighted by atomic mass is 9.99. The van der Waals surface area contributed by atoms with Crippen LogP contribution in [0.15, 0.2) is 0 Å². The van der Waals surface area contributed by atoms with Crippen molar-refractivity contribution in [2.75, 3.05) is 13.2 Å². The molecular weight excluding hydrogens is 863 g/mol. The Kier molecular flexibility index (Phi) is 48.7. The van der Waals surface area contributed by atoms with Crippen LogP contribution in [0.5, 0.6) is 0 Å². The van der Waals surface area contributed by atoms with E-state index in [1.54, 1.807) is 0 Å². The molecule has 0 aliphatic carbocycles. The van der Waals surface area contributed by atoms with Crippen molar-refractivity contribution in [2.24, 2.45) is 0 Å². The minimum Gasteiger partial charge on any atom is -0.394 e. The van der Waals surface area contributed by atoms with Crippen LogP contribution in [0.3, 0.4) is 0 Å². The van der Waals surface area contributed by atoms with Gasteiger partial charge in [-0.25, -0.2) is 0 Å². The Morgan fingerprint density at radius 1 is 0.435 bits per heavy atom. The minimum absolute atomic E-state index is 0.132. The number of rotatable bonds is 54. The van der Waals surface area contributed by atoms with Gasteiger partial charge in [0.05, 0.1) is 25.4 Å². The van der Waals surface area contributed by atoms with Crippen LogP contribution < -0.4 is 5.32 Å². The molecule has 0 aromatic heterocycles. The Bertz CT molecular complexity index is 1050. The lowest BCUT2D eigenvalue weighted by molar-refractivity contribution is -0.302. The summed E-state index contributed by atoms with van der Waals surface area (Å²) in [6.45, 7) is 3.86. The number of ether oxygens (including phenoxy) is 2. The predicted molar refractivity (Wildman–Crippen MR) is 291 cm³/mol. The van der Waals surface area contributed by atoms with Crippen LogP contribution in [0, 0.1) is 0 Å². The Balaban J connectivity index is 2.01. The number of hydrogen-bond acceptors (Lipinski definition) is 8. The molecule has 0 aromatic carbocycles. The van der Waals surface area contributed by atoms with E-state index in [1.807, 2.05) is 0 Å². The summed E-state index contributed by atoms with van der Waals surface area (Å²) in [5.74, 6) is -0.138. The van der Waals surface area contributed by atoms with Gasteiger partial charge in [0.2, 0.25) is 5.91 Å². The molecule has 0 bridgehead atoms. The molecule has 6 N–H and O–H groups in total. The van der Waals surface area contributed by atoms with Crippen molar-refractivity contribution in [2.45, 2.75) is 365 Å². The van der Waals surface area contributed by atoms with Gasteiger partial charge >= 0.3 is 0 Å². The van der Waals surface area contributed by atoms with E-state index in [4.69, 9.17) is 9.47 Å². The van der Waals surface area contributed by atoms with Gasteiger partial charge in [-0.1, -0.05) is 303 Å². The topological polar surface area (TPSA) is 149 Å². The highest BCUT2D eigenvalue weighted by Gasteiger charge is 2.44. The summed E-state index contributed by atoms with van der Waals surface area (Å²) in [7, 11) is 0. The third-order valence-electron chi connectivity index (χ3n) is 15.2. The molecule has 0 spiro atoms. The molecular formula is C60H119NO8. The predicted octanol–water partition coefficient (Wildman–Crippen LogP) is 15.4. The Labute approximate surface area is 427 Å². The van der Waals surface area contributed by atoms with Crippen molar-refractivity contribution in [3.05, 3.63) is 0 Å². The average molecular weight is 983 g/mol. The largest absolute Gasteiger partial charge is 0.394 e. The number of carbonyl (C=O) groups excluding carboxylic acids is 1. The maximum atomic E-state index is 13.0. The molecule has 9 nitrogen and oxygen atoms in total. The summed E-state index contributed by atoms with van der Waals surface area (Å²) in [4.78, 5) is 13.0. The van der Waals surface area contributed by atoms with Crippen LogP contribution in [0.25, 0.3) is 0 Å². The fourth-order valence-electron chi connectivity index (χ4n) is 10.3. The van der Waals surface area contributed by atoms with Gasteiger partial charge in [-0.05, 0) is 12.8 Å². The zero-order valence-electron chi connectivity index (χ0n) is 45.9. The zero-order chi connectivity index (χ0) is 50.1. The van der Waals surface area contributed by atoms with Gasteiger partial charge < -0.3 is 40.3 Å². The highest BCUT2D eigenvalue weighted by molar-refractivity contribution is 5.76. The minimum atomic E-state index is -1.55. The number of aliphatic hydroxyl groups excluding tert-OH is 5. The van der Waals surface area contributed by atoms with Crippen molar-refractivity contribution in [3.63, 3.8) is 0 Å². The molecule has 1 heterocycles. The second-order valence-electron chi connectivity index (χ2n) is 21.9. The second-order valence-corrected chi connectivity index (χ2v) is 21.9. The standard InChI is InChI=1S/C60H119NO8/c1-3-5-7-9-11-13-15-16-17-18-19-20-21-22-23-24-25-26-27-28-29-30-31-32-33-34-35-36-37-38-40-42-44-46-48-50-56(64)61-53(52-68-60-59(67)58(66)57(65)55(51-62)69-60)54(63)49-47-45-43-41-39-14-12-10-8-6-4-2/h53-55,57-60,62-63,65-67H,3-52H2,1-2H3,(H,61,64). The van der Waals surface area contributed by atoms with Crippen LogP contribution in [-0.4, -0.2) is 87.5 Å². The average Bonchev–Trinajstić information content (AvgIpc) is 3.35. The monoisotopic (exact) mass is 982 g/mol. The summed E-state index contributed by atoms with van der Waals surface area (Å²) in [6.07, 6.45) is 54.6. The first-order valence-electron chi connectivity index (χ1n) is 30.7. The Morgan fingerprint density at radius 3 is 1.03 bits per heavy atom. The number of hydrogen-bond donors (Lipinski definition) is 6.